The molecule has 4 atom stereocenters. The quantitative estimate of drug-likeness (QED) is 0.608. The van der Waals surface area contributed by atoms with Crippen LogP contribution in [0.2, 0.25) is 0 Å². The zero-order valence-corrected chi connectivity index (χ0v) is 10.1. The Morgan fingerprint density at radius 1 is 1.50 bits per heavy atom. The molecular formula is C12H17N2O4+. The van der Waals surface area contributed by atoms with Crippen molar-refractivity contribution in [3.8, 4) is 0 Å². The molecule has 1 fully saturated rings. The molecule has 0 bridgehead atoms. The first-order valence-electron chi connectivity index (χ1n) is 5.86. The van der Waals surface area contributed by atoms with Crippen molar-refractivity contribution in [3.05, 3.63) is 30.1 Å². The van der Waals surface area contributed by atoms with Crippen molar-refractivity contribution >= 4 is 5.91 Å². The van der Waals surface area contributed by atoms with E-state index in [2.05, 4.69) is 0 Å². The molecule has 0 spiro atoms. The van der Waals surface area contributed by atoms with Gasteiger partial charge in [-0.15, -0.1) is 0 Å². The summed E-state index contributed by atoms with van der Waals surface area (Å²) < 4.78 is 7.11. The van der Waals surface area contributed by atoms with Gasteiger partial charge in [0.05, 0.1) is 6.10 Å². The third-order valence-corrected chi connectivity index (χ3v) is 3.14. The van der Waals surface area contributed by atoms with Crippen molar-refractivity contribution in [1.29, 1.82) is 0 Å². The minimum atomic E-state index is -1.02. The van der Waals surface area contributed by atoms with Gasteiger partial charge in [0, 0.05) is 6.07 Å². The van der Waals surface area contributed by atoms with Crippen molar-refractivity contribution in [2.24, 2.45) is 5.73 Å². The van der Waals surface area contributed by atoms with Crippen LogP contribution in [0.15, 0.2) is 24.5 Å². The van der Waals surface area contributed by atoms with Gasteiger partial charge >= 0.3 is 0 Å². The van der Waals surface area contributed by atoms with Crippen LogP contribution in [0, 0.1) is 0 Å². The second-order valence-corrected chi connectivity index (χ2v) is 4.36. The fraction of sp³-hybridized carbons (Fsp3) is 0.500. The number of carbonyl (C=O) groups is 1. The van der Waals surface area contributed by atoms with Gasteiger partial charge in [0.25, 0.3) is 12.1 Å². The third kappa shape index (κ3) is 2.22. The molecule has 2 rings (SSSR count). The molecule has 2 heterocycles. The van der Waals surface area contributed by atoms with Gasteiger partial charge in [-0.05, 0) is 12.5 Å². The third-order valence-electron chi connectivity index (χ3n) is 3.14. The zero-order chi connectivity index (χ0) is 13.3. The highest BCUT2D eigenvalue weighted by Gasteiger charge is 2.47. The number of hydrogen-bond acceptors (Lipinski definition) is 4. The summed E-state index contributed by atoms with van der Waals surface area (Å²) in [5.74, 6) is -0.551. The largest absolute Gasteiger partial charge is 0.387 e. The molecule has 1 aliphatic rings. The predicted octanol–water partition coefficient (Wildman–Crippen LogP) is -0.898. The van der Waals surface area contributed by atoms with Crippen LogP contribution < -0.4 is 10.3 Å². The molecule has 4 N–H and O–H groups in total. The summed E-state index contributed by atoms with van der Waals surface area (Å²) in [6.07, 6.45) is 0.698. The van der Waals surface area contributed by atoms with E-state index in [-0.39, 0.29) is 0 Å². The number of amides is 1. The normalized spacial score (nSPS) is 31.5. The second-order valence-electron chi connectivity index (χ2n) is 4.36. The van der Waals surface area contributed by atoms with Gasteiger partial charge in [0.15, 0.2) is 18.5 Å². The Balaban J connectivity index is 2.27. The molecule has 0 aromatic carbocycles. The molecule has 1 amide bonds. The number of aliphatic hydroxyl groups is 2. The van der Waals surface area contributed by atoms with E-state index in [0.29, 0.717) is 12.0 Å². The second kappa shape index (κ2) is 5.01. The maximum Gasteiger partial charge on any atom is 0.291 e. The fourth-order valence-corrected chi connectivity index (χ4v) is 2.11. The number of rotatable bonds is 3. The summed E-state index contributed by atoms with van der Waals surface area (Å²) in [5.41, 5.74) is 5.51. The van der Waals surface area contributed by atoms with Crippen LogP contribution in [0.25, 0.3) is 0 Å². The zero-order valence-electron chi connectivity index (χ0n) is 10.1. The van der Waals surface area contributed by atoms with Crippen LogP contribution in [0.3, 0.4) is 0 Å². The number of ether oxygens (including phenoxy) is 1. The van der Waals surface area contributed by atoms with Crippen molar-refractivity contribution < 1.29 is 24.3 Å². The summed E-state index contributed by atoms with van der Waals surface area (Å²) in [4.78, 5) is 11.1. The highest BCUT2D eigenvalue weighted by atomic mass is 16.6. The average molecular weight is 253 g/mol. The van der Waals surface area contributed by atoms with Crippen molar-refractivity contribution in [2.75, 3.05) is 0 Å². The Kier molecular flexibility index (Phi) is 3.60. The number of hydrogen-bond donors (Lipinski definition) is 3. The average Bonchev–Trinajstić information content (AvgIpc) is 2.66. The van der Waals surface area contributed by atoms with Gasteiger partial charge in [0.1, 0.15) is 11.7 Å². The minimum Gasteiger partial charge on any atom is -0.387 e. The number of aromatic nitrogens is 1. The van der Waals surface area contributed by atoms with Gasteiger partial charge in [0.2, 0.25) is 0 Å². The lowest BCUT2D eigenvalue weighted by Gasteiger charge is -2.10. The molecular weight excluding hydrogens is 236 g/mol. The molecule has 0 saturated carbocycles. The fourth-order valence-electron chi connectivity index (χ4n) is 2.11. The van der Waals surface area contributed by atoms with Gasteiger partial charge in [-0.25, -0.2) is 0 Å². The van der Waals surface area contributed by atoms with E-state index in [9.17, 15) is 15.0 Å². The first-order chi connectivity index (χ1) is 8.54. The van der Waals surface area contributed by atoms with Crippen molar-refractivity contribution in [3.63, 3.8) is 0 Å². The summed E-state index contributed by atoms with van der Waals surface area (Å²) in [5, 5.41) is 19.7. The van der Waals surface area contributed by atoms with Gasteiger partial charge in [-0.2, -0.15) is 4.57 Å². The monoisotopic (exact) mass is 253 g/mol. The maximum atomic E-state index is 11.1. The van der Waals surface area contributed by atoms with Crippen LogP contribution in [0.1, 0.15) is 29.9 Å². The van der Waals surface area contributed by atoms with E-state index < -0.39 is 30.4 Å². The van der Waals surface area contributed by atoms with Crippen LogP contribution in [0.4, 0.5) is 0 Å². The summed E-state index contributed by atoms with van der Waals surface area (Å²) in [6.45, 7) is 1.87. The summed E-state index contributed by atoms with van der Waals surface area (Å²) in [6, 6.07) is 3.22. The molecule has 1 aromatic rings. The number of pyridine rings is 1. The van der Waals surface area contributed by atoms with E-state index in [1.54, 1.807) is 22.9 Å². The Hall–Kier alpha value is -1.50. The number of primary amides is 1. The molecule has 6 heteroatoms. The number of nitrogens with zero attached hydrogens (tertiary/aromatic N) is 1. The van der Waals surface area contributed by atoms with E-state index in [0.717, 1.165) is 0 Å². The highest BCUT2D eigenvalue weighted by Crippen LogP contribution is 2.27. The minimum absolute atomic E-state index is 0.322. The Morgan fingerprint density at radius 3 is 2.78 bits per heavy atom. The smallest absolute Gasteiger partial charge is 0.291 e. The number of carbonyl (C=O) groups excluding carboxylic acids is 1. The van der Waals surface area contributed by atoms with E-state index in [1.807, 2.05) is 6.92 Å². The molecule has 1 aromatic heterocycles. The van der Waals surface area contributed by atoms with E-state index >= 15 is 0 Å². The molecule has 98 valence electrons. The van der Waals surface area contributed by atoms with E-state index in [1.165, 1.54) is 6.20 Å². The Bertz CT molecular complexity index is 451. The van der Waals surface area contributed by atoms with Crippen molar-refractivity contribution in [2.45, 2.75) is 37.9 Å². The molecule has 18 heavy (non-hydrogen) atoms. The Morgan fingerprint density at radius 2 is 2.22 bits per heavy atom. The Labute approximate surface area is 105 Å². The number of nitrogens with two attached hydrogens (primary N) is 1. The molecule has 4 unspecified atom stereocenters. The van der Waals surface area contributed by atoms with E-state index in [4.69, 9.17) is 10.5 Å². The topological polar surface area (TPSA) is 96.7 Å². The first-order valence-corrected chi connectivity index (χ1v) is 5.86. The first kappa shape index (κ1) is 12.9. The molecule has 0 radical (unpaired) electrons. The van der Waals surface area contributed by atoms with Crippen LogP contribution in [-0.2, 0) is 4.74 Å². The SMILES string of the molecule is CCC1OC([n+]2cccc(C(N)=O)c2)C(O)C1O. The van der Waals surface area contributed by atoms with Crippen LogP contribution >= 0.6 is 0 Å². The van der Waals surface area contributed by atoms with Gasteiger partial charge in [-0.1, -0.05) is 6.92 Å². The van der Waals surface area contributed by atoms with Gasteiger partial charge < -0.3 is 20.7 Å². The lowest BCUT2D eigenvalue weighted by molar-refractivity contribution is -0.765. The summed E-state index contributed by atoms with van der Waals surface area (Å²) >= 11 is 0. The van der Waals surface area contributed by atoms with Crippen LogP contribution in [-0.4, -0.2) is 34.4 Å². The van der Waals surface area contributed by atoms with Crippen LogP contribution in [0.5, 0.6) is 0 Å². The predicted molar refractivity (Wildman–Crippen MR) is 61.4 cm³/mol. The van der Waals surface area contributed by atoms with Gasteiger partial charge in [-0.3, -0.25) is 4.79 Å². The van der Waals surface area contributed by atoms with Crippen molar-refractivity contribution in [1.82, 2.24) is 0 Å². The molecule has 1 saturated heterocycles. The summed E-state index contributed by atoms with van der Waals surface area (Å²) in [7, 11) is 0. The molecule has 1 aliphatic heterocycles. The standard InChI is InChI=1S/C12H16N2O4/c1-2-8-9(15)10(16)12(18-8)14-5-3-4-7(6-14)11(13)17/h3-6,8-10,12,15-16H,2H2,1H3,(H-,13,17)/p+1. The number of aliphatic hydroxyl groups excluding tert-OH is 2. The lowest BCUT2D eigenvalue weighted by atomic mass is 10.1. The lowest BCUT2D eigenvalue weighted by Crippen LogP contribution is -2.46. The molecule has 0 aliphatic carbocycles. The highest BCUT2D eigenvalue weighted by molar-refractivity contribution is 5.92. The molecule has 6 nitrogen and oxygen atoms in total. The maximum absolute atomic E-state index is 11.1.